The van der Waals surface area contributed by atoms with Crippen LogP contribution < -0.4 is 5.32 Å². The minimum Gasteiger partial charge on any atom is -0.354 e. The summed E-state index contributed by atoms with van der Waals surface area (Å²) in [7, 11) is 0. The fraction of sp³-hybridized carbons (Fsp3) is 0. The lowest BCUT2D eigenvalue weighted by Gasteiger charge is -2.12. The van der Waals surface area contributed by atoms with E-state index in [1.807, 2.05) is 6.07 Å². The van der Waals surface area contributed by atoms with Gasteiger partial charge in [0.25, 0.3) is 5.69 Å². The van der Waals surface area contributed by atoms with Crippen LogP contribution in [-0.4, -0.2) is 9.91 Å². The van der Waals surface area contributed by atoms with Crippen LogP contribution in [-0.2, 0) is 0 Å². The summed E-state index contributed by atoms with van der Waals surface area (Å²) < 4.78 is 13.3. The first-order valence-electron chi connectivity index (χ1n) is 6.69. The van der Waals surface area contributed by atoms with Crippen LogP contribution in [0.2, 0.25) is 5.02 Å². The van der Waals surface area contributed by atoms with Gasteiger partial charge in [-0.3, -0.25) is 10.1 Å². The van der Waals surface area contributed by atoms with Gasteiger partial charge in [0.05, 0.1) is 21.2 Å². The predicted octanol–water partition coefficient (Wildman–Crippen LogP) is 4.55. The highest BCUT2D eigenvalue weighted by Gasteiger charge is 2.17. The number of para-hydroxylation sites is 1. The van der Waals surface area contributed by atoms with Gasteiger partial charge < -0.3 is 5.32 Å². The molecular weight excluding hydrogens is 335 g/mol. The van der Waals surface area contributed by atoms with Crippen molar-refractivity contribution in [3.63, 3.8) is 0 Å². The Bertz CT molecular complexity index is 1020. The van der Waals surface area contributed by atoms with Crippen molar-refractivity contribution in [3.05, 3.63) is 69.1 Å². The normalized spacial score (nSPS) is 10.4. The monoisotopic (exact) mass is 342 g/mol. The summed E-state index contributed by atoms with van der Waals surface area (Å²) >= 11 is 5.76. The van der Waals surface area contributed by atoms with Gasteiger partial charge in [0.15, 0.2) is 0 Å². The number of nitro groups is 1. The molecule has 0 atom stereocenters. The molecule has 0 bridgehead atoms. The average molecular weight is 343 g/mol. The number of rotatable bonds is 3. The lowest BCUT2D eigenvalue weighted by atomic mass is 10.1. The SMILES string of the molecule is N#Cc1cnc2c([N+](=O)[O-])cccc2c1Nc1ccc(F)c(Cl)c1. The number of hydrogen-bond donors (Lipinski definition) is 1. The second-order valence-corrected chi connectivity index (χ2v) is 5.25. The first kappa shape index (κ1) is 15.6. The molecule has 1 N–H and O–H groups in total. The zero-order valence-corrected chi connectivity index (χ0v) is 12.7. The Morgan fingerprint density at radius 2 is 2.12 bits per heavy atom. The number of nitro benzene ring substituents is 1. The summed E-state index contributed by atoms with van der Waals surface area (Å²) in [5, 5.41) is 23.7. The van der Waals surface area contributed by atoms with Gasteiger partial charge in [-0.25, -0.2) is 9.37 Å². The summed E-state index contributed by atoms with van der Waals surface area (Å²) in [6, 6.07) is 10.4. The number of nitrogens with one attached hydrogen (secondary N) is 1. The first-order chi connectivity index (χ1) is 11.5. The lowest BCUT2D eigenvalue weighted by molar-refractivity contribution is -0.383. The molecule has 3 rings (SSSR count). The van der Waals surface area contributed by atoms with E-state index in [1.165, 1.54) is 36.5 Å². The number of fused-ring (bicyclic) bond motifs is 1. The van der Waals surface area contributed by atoms with Crippen molar-refractivity contribution in [1.82, 2.24) is 4.98 Å². The Balaban J connectivity index is 2.21. The summed E-state index contributed by atoms with van der Waals surface area (Å²) in [5.74, 6) is -0.571. The van der Waals surface area contributed by atoms with Gasteiger partial charge in [-0.2, -0.15) is 5.26 Å². The van der Waals surface area contributed by atoms with Gasteiger partial charge in [-0.15, -0.1) is 0 Å². The van der Waals surface area contributed by atoms with E-state index >= 15 is 0 Å². The number of benzene rings is 2. The molecular formula is C16H8ClFN4O2. The molecule has 0 aliphatic heterocycles. The van der Waals surface area contributed by atoms with Crippen LogP contribution >= 0.6 is 11.6 Å². The van der Waals surface area contributed by atoms with Crippen molar-refractivity contribution in [2.75, 3.05) is 5.32 Å². The summed E-state index contributed by atoms with van der Waals surface area (Å²) in [6.45, 7) is 0. The molecule has 0 saturated heterocycles. The Morgan fingerprint density at radius 1 is 1.33 bits per heavy atom. The number of non-ortho nitro benzene ring substituents is 1. The summed E-state index contributed by atoms with van der Waals surface area (Å²) in [4.78, 5) is 14.6. The predicted molar refractivity (Wildman–Crippen MR) is 87.8 cm³/mol. The van der Waals surface area contributed by atoms with E-state index in [0.29, 0.717) is 16.8 Å². The molecule has 1 heterocycles. The minimum atomic E-state index is -0.571. The maximum Gasteiger partial charge on any atom is 0.295 e. The lowest BCUT2D eigenvalue weighted by Crippen LogP contribution is -1.99. The summed E-state index contributed by atoms with van der Waals surface area (Å²) in [6.07, 6.45) is 1.25. The molecule has 0 aliphatic carbocycles. The standard InChI is InChI=1S/C16H8ClFN4O2/c17-12-6-10(4-5-13(12)18)21-15-9(7-19)8-20-16-11(15)2-1-3-14(16)22(23)24/h1-6,8H,(H,20,21). The molecule has 2 aromatic carbocycles. The van der Waals surface area contributed by atoms with Crippen LogP contribution in [0.4, 0.5) is 21.5 Å². The molecule has 1 aromatic heterocycles. The van der Waals surface area contributed by atoms with E-state index in [0.717, 1.165) is 0 Å². The maximum atomic E-state index is 13.3. The molecule has 3 aromatic rings. The van der Waals surface area contributed by atoms with E-state index in [-0.39, 0.29) is 21.8 Å². The topological polar surface area (TPSA) is 91.8 Å². The Kier molecular flexibility index (Phi) is 3.98. The number of nitrogens with zero attached hydrogens (tertiary/aromatic N) is 3. The maximum absolute atomic E-state index is 13.3. The molecule has 0 amide bonds. The fourth-order valence-corrected chi connectivity index (χ4v) is 2.47. The number of hydrogen-bond acceptors (Lipinski definition) is 5. The van der Waals surface area contributed by atoms with Crippen molar-refractivity contribution < 1.29 is 9.31 Å². The molecule has 0 spiro atoms. The van der Waals surface area contributed by atoms with Crippen LogP contribution in [0.25, 0.3) is 10.9 Å². The van der Waals surface area contributed by atoms with Crippen LogP contribution in [0.5, 0.6) is 0 Å². The Hall–Kier alpha value is -3.24. The van der Waals surface area contributed by atoms with Crippen molar-refractivity contribution >= 4 is 39.6 Å². The molecule has 6 nitrogen and oxygen atoms in total. The molecule has 0 saturated carbocycles. The number of pyridine rings is 1. The zero-order valence-electron chi connectivity index (χ0n) is 12.0. The minimum absolute atomic E-state index is 0.0807. The second-order valence-electron chi connectivity index (χ2n) is 4.84. The molecule has 0 fully saturated rings. The first-order valence-corrected chi connectivity index (χ1v) is 7.07. The molecule has 118 valence electrons. The fourth-order valence-electron chi connectivity index (χ4n) is 2.29. The highest BCUT2D eigenvalue weighted by molar-refractivity contribution is 6.31. The van der Waals surface area contributed by atoms with Gasteiger partial charge in [0.1, 0.15) is 17.4 Å². The number of nitriles is 1. The number of anilines is 2. The van der Waals surface area contributed by atoms with E-state index in [2.05, 4.69) is 10.3 Å². The summed E-state index contributed by atoms with van der Waals surface area (Å²) in [5.41, 5.74) is 0.962. The molecule has 0 aliphatic rings. The van der Waals surface area contributed by atoms with Crippen molar-refractivity contribution in [2.45, 2.75) is 0 Å². The van der Waals surface area contributed by atoms with Gasteiger partial charge in [0, 0.05) is 23.3 Å². The van der Waals surface area contributed by atoms with Crippen LogP contribution in [0, 0.1) is 27.3 Å². The van der Waals surface area contributed by atoms with Gasteiger partial charge in [0.2, 0.25) is 0 Å². The molecule has 8 heteroatoms. The van der Waals surface area contributed by atoms with E-state index in [1.54, 1.807) is 6.07 Å². The van der Waals surface area contributed by atoms with Crippen LogP contribution in [0.15, 0.2) is 42.6 Å². The Morgan fingerprint density at radius 3 is 2.79 bits per heavy atom. The van der Waals surface area contributed by atoms with Crippen molar-refractivity contribution in [1.29, 1.82) is 5.26 Å². The molecule has 0 unspecified atom stereocenters. The molecule has 24 heavy (non-hydrogen) atoms. The quantitative estimate of drug-likeness (QED) is 0.556. The highest BCUT2D eigenvalue weighted by Crippen LogP contribution is 2.33. The van der Waals surface area contributed by atoms with Gasteiger partial charge >= 0.3 is 0 Å². The largest absolute Gasteiger partial charge is 0.354 e. The third-order valence-corrected chi connectivity index (χ3v) is 3.67. The highest BCUT2D eigenvalue weighted by atomic mass is 35.5. The number of halogens is 2. The second kappa shape index (κ2) is 6.10. The molecule has 0 radical (unpaired) electrons. The van der Waals surface area contributed by atoms with E-state index < -0.39 is 10.7 Å². The zero-order chi connectivity index (χ0) is 17.3. The van der Waals surface area contributed by atoms with E-state index in [9.17, 15) is 19.8 Å². The van der Waals surface area contributed by atoms with Crippen molar-refractivity contribution in [3.8, 4) is 6.07 Å². The Labute approximate surface area is 140 Å². The number of aromatic nitrogens is 1. The third kappa shape index (κ3) is 2.71. The van der Waals surface area contributed by atoms with Crippen LogP contribution in [0.1, 0.15) is 5.56 Å². The smallest absolute Gasteiger partial charge is 0.295 e. The van der Waals surface area contributed by atoms with E-state index in [4.69, 9.17) is 11.6 Å². The van der Waals surface area contributed by atoms with Gasteiger partial charge in [-0.05, 0) is 18.2 Å². The average Bonchev–Trinajstić information content (AvgIpc) is 2.57. The van der Waals surface area contributed by atoms with Crippen molar-refractivity contribution in [2.24, 2.45) is 0 Å². The van der Waals surface area contributed by atoms with Crippen LogP contribution in [0.3, 0.4) is 0 Å². The van der Waals surface area contributed by atoms with Gasteiger partial charge in [-0.1, -0.05) is 23.7 Å². The third-order valence-electron chi connectivity index (χ3n) is 3.38.